The molecule has 1 rings (SSSR count). The molecule has 1 aliphatic rings. The van der Waals surface area contributed by atoms with Crippen LogP contribution < -0.4 is 5.32 Å². The first-order valence-electron chi connectivity index (χ1n) is 7.11. The van der Waals surface area contributed by atoms with Gasteiger partial charge >= 0.3 is 0 Å². The van der Waals surface area contributed by atoms with Gasteiger partial charge in [-0.05, 0) is 50.6 Å². The minimum Gasteiger partial charge on any atom is -0.316 e. The largest absolute Gasteiger partial charge is 0.316 e. The first kappa shape index (κ1) is 15.3. The molecule has 0 spiro atoms. The molecular weight excluding hydrogens is 228 g/mol. The Morgan fingerprint density at radius 2 is 2.18 bits per heavy atom. The number of hydrogen-bond donors (Lipinski definition) is 1. The summed E-state index contributed by atoms with van der Waals surface area (Å²) in [6, 6.07) is 0.806. The Hall–Kier alpha value is 0.270. The molecule has 2 unspecified atom stereocenters. The predicted octanol–water partition coefficient (Wildman–Crippen LogP) is 2.70. The van der Waals surface area contributed by atoms with Crippen molar-refractivity contribution in [3.05, 3.63) is 0 Å². The van der Waals surface area contributed by atoms with E-state index in [1.807, 2.05) is 11.8 Å². The van der Waals surface area contributed by atoms with Crippen molar-refractivity contribution in [2.45, 2.75) is 39.7 Å². The summed E-state index contributed by atoms with van der Waals surface area (Å²) >= 11 is 1.99. The van der Waals surface area contributed by atoms with Crippen LogP contribution in [0.2, 0.25) is 0 Å². The molecule has 0 saturated carbocycles. The van der Waals surface area contributed by atoms with Crippen molar-refractivity contribution >= 4 is 11.8 Å². The van der Waals surface area contributed by atoms with Gasteiger partial charge in [0.05, 0.1) is 0 Å². The van der Waals surface area contributed by atoms with Gasteiger partial charge in [-0.1, -0.05) is 20.8 Å². The highest BCUT2D eigenvalue weighted by Crippen LogP contribution is 2.21. The summed E-state index contributed by atoms with van der Waals surface area (Å²) in [5.41, 5.74) is 0. The lowest BCUT2D eigenvalue weighted by Crippen LogP contribution is -2.36. The van der Waals surface area contributed by atoms with E-state index in [9.17, 15) is 0 Å². The topological polar surface area (TPSA) is 15.3 Å². The molecule has 0 aromatic heterocycles. The monoisotopic (exact) mass is 258 g/mol. The van der Waals surface area contributed by atoms with E-state index >= 15 is 0 Å². The highest BCUT2D eigenvalue weighted by Gasteiger charge is 2.26. The van der Waals surface area contributed by atoms with E-state index in [0.717, 1.165) is 17.9 Å². The lowest BCUT2D eigenvalue weighted by Gasteiger charge is -2.26. The Kier molecular flexibility index (Phi) is 7.56. The lowest BCUT2D eigenvalue weighted by molar-refractivity contribution is 0.246. The molecule has 0 aromatic rings. The maximum Gasteiger partial charge on any atom is 0.0183 e. The van der Waals surface area contributed by atoms with Crippen LogP contribution in [0.5, 0.6) is 0 Å². The van der Waals surface area contributed by atoms with Crippen molar-refractivity contribution < 1.29 is 0 Å². The van der Waals surface area contributed by atoms with Crippen LogP contribution in [0.1, 0.15) is 33.6 Å². The Bertz CT molecular complexity index is 197. The van der Waals surface area contributed by atoms with Crippen LogP contribution in [-0.4, -0.2) is 49.1 Å². The van der Waals surface area contributed by atoms with E-state index in [1.165, 1.54) is 44.8 Å². The number of nitrogens with zero attached hydrogens (tertiary/aromatic N) is 1. The molecule has 1 N–H and O–H groups in total. The summed E-state index contributed by atoms with van der Waals surface area (Å²) in [7, 11) is 0. The fourth-order valence-corrected chi connectivity index (χ4v) is 3.44. The third-order valence-corrected chi connectivity index (χ3v) is 4.37. The van der Waals surface area contributed by atoms with Crippen LogP contribution in [0.25, 0.3) is 0 Å². The minimum atomic E-state index is 0.771. The Morgan fingerprint density at radius 3 is 2.76 bits per heavy atom. The summed E-state index contributed by atoms with van der Waals surface area (Å²) in [5.74, 6) is 2.94. The zero-order valence-corrected chi connectivity index (χ0v) is 12.9. The van der Waals surface area contributed by atoms with Gasteiger partial charge in [0.25, 0.3) is 0 Å². The van der Waals surface area contributed by atoms with Crippen LogP contribution in [0, 0.1) is 11.8 Å². The van der Waals surface area contributed by atoms with Gasteiger partial charge in [0.2, 0.25) is 0 Å². The average Bonchev–Trinajstić information content (AvgIpc) is 2.74. The average molecular weight is 258 g/mol. The third-order valence-electron chi connectivity index (χ3n) is 3.65. The van der Waals surface area contributed by atoms with E-state index in [0.29, 0.717) is 0 Å². The van der Waals surface area contributed by atoms with Gasteiger partial charge in [0.15, 0.2) is 0 Å². The molecule has 1 fully saturated rings. The van der Waals surface area contributed by atoms with Gasteiger partial charge in [-0.25, -0.2) is 0 Å². The minimum absolute atomic E-state index is 0.771. The highest BCUT2D eigenvalue weighted by molar-refractivity contribution is 7.98. The Balaban J connectivity index is 2.21. The molecule has 2 atom stereocenters. The summed E-state index contributed by atoms with van der Waals surface area (Å²) in [5, 5.41) is 3.60. The predicted molar refractivity (Wildman–Crippen MR) is 79.8 cm³/mol. The zero-order chi connectivity index (χ0) is 12.7. The normalized spacial score (nSPS) is 23.5. The summed E-state index contributed by atoms with van der Waals surface area (Å²) in [4.78, 5) is 2.71. The van der Waals surface area contributed by atoms with Crippen LogP contribution >= 0.6 is 11.8 Å². The van der Waals surface area contributed by atoms with E-state index in [4.69, 9.17) is 0 Å². The summed E-state index contributed by atoms with van der Waals surface area (Å²) in [6.45, 7) is 11.9. The fraction of sp³-hybridized carbons (Fsp3) is 1.00. The van der Waals surface area contributed by atoms with Crippen LogP contribution in [-0.2, 0) is 0 Å². The summed E-state index contributed by atoms with van der Waals surface area (Å²) < 4.78 is 0. The van der Waals surface area contributed by atoms with Gasteiger partial charge in [-0.3, -0.25) is 4.90 Å². The molecular formula is C14H30N2S. The molecule has 0 amide bonds. The molecule has 102 valence electrons. The second-order valence-electron chi connectivity index (χ2n) is 5.72. The number of thioether (sulfide) groups is 1. The molecule has 0 aromatic carbocycles. The van der Waals surface area contributed by atoms with Gasteiger partial charge in [-0.15, -0.1) is 0 Å². The molecule has 1 aliphatic heterocycles. The SMILES string of the molecule is CCC(CSC)N1CCC(CNCC(C)C)C1. The Labute approximate surface area is 112 Å². The molecule has 0 bridgehead atoms. The first-order chi connectivity index (χ1) is 8.17. The third kappa shape index (κ3) is 5.62. The van der Waals surface area contributed by atoms with Crippen LogP contribution in [0.15, 0.2) is 0 Å². The molecule has 0 radical (unpaired) electrons. The van der Waals surface area contributed by atoms with Crippen molar-refractivity contribution in [1.82, 2.24) is 10.2 Å². The quantitative estimate of drug-likeness (QED) is 0.721. The maximum atomic E-state index is 3.60. The number of likely N-dealkylation sites (tertiary alicyclic amines) is 1. The van der Waals surface area contributed by atoms with Gasteiger partial charge in [0, 0.05) is 18.3 Å². The van der Waals surface area contributed by atoms with E-state index in [1.54, 1.807) is 0 Å². The highest BCUT2D eigenvalue weighted by atomic mass is 32.2. The molecule has 0 aliphatic carbocycles. The standard InChI is InChI=1S/C14H30N2S/c1-5-14(11-17-4)16-7-6-13(10-16)9-15-8-12(2)3/h12-15H,5-11H2,1-4H3. The molecule has 3 heteroatoms. The number of nitrogens with one attached hydrogen (secondary N) is 1. The maximum absolute atomic E-state index is 3.60. The van der Waals surface area contributed by atoms with Gasteiger partial charge < -0.3 is 5.32 Å². The van der Waals surface area contributed by atoms with Crippen molar-refractivity contribution in [2.75, 3.05) is 38.2 Å². The zero-order valence-electron chi connectivity index (χ0n) is 12.0. The second-order valence-corrected chi connectivity index (χ2v) is 6.63. The van der Waals surface area contributed by atoms with E-state index in [2.05, 4.69) is 37.2 Å². The summed E-state index contributed by atoms with van der Waals surface area (Å²) in [6.07, 6.45) is 4.91. The molecule has 1 heterocycles. The molecule has 17 heavy (non-hydrogen) atoms. The van der Waals surface area contributed by atoms with Crippen LogP contribution in [0.3, 0.4) is 0 Å². The number of hydrogen-bond acceptors (Lipinski definition) is 3. The molecule has 2 nitrogen and oxygen atoms in total. The van der Waals surface area contributed by atoms with E-state index in [-0.39, 0.29) is 0 Å². The number of rotatable bonds is 8. The van der Waals surface area contributed by atoms with Crippen molar-refractivity contribution in [3.8, 4) is 0 Å². The first-order valence-corrected chi connectivity index (χ1v) is 8.50. The molecule has 1 saturated heterocycles. The fourth-order valence-electron chi connectivity index (χ4n) is 2.61. The van der Waals surface area contributed by atoms with E-state index < -0.39 is 0 Å². The smallest absolute Gasteiger partial charge is 0.0183 e. The van der Waals surface area contributed by atoms with Crippen molar-refractivity contribution in [1.29, 1.82) is 0 Å². The second kappa shape index (κ2) is 8.39. The van der Waals surface area contributed by atoms with Crippen molar-refractivity contribution in [3.63, 3.8) is 0 Å². The lowest BCUT2D eigenvalue weighted by atomic mass is 10.1. The van der Waals surface area contributed by atoms with Gasteiger partial charge in [-0.2, -0.15) is 11.8 Å². The Morgan fingerprint density at radius 1 is 1.41 bits per heavy atom. The van der Waals surface area contributed by atoms with Crippen LogP contribution in [0.4, 0.5) is 0 Å². The van der Waals surface area contributed by atoms with Crippen molar-refractivity contribution in [2.24, 2.45) is 11.8 Å². The van der Waals surface area contributed by atoms with Gasteiger partial charge in [0.1, 0.15) is 0 Å².